The number of carbonyl (C=O) groups excluding carboxylic acids is 3. The Bertz CT molecular complexity index is 1610. The van der Waals surface area contributed by atoms with Gasteiger partial charge < -0.3 is 40.5 Å². The number of aliphatic imine (C=N–C) groups is 2. The molecule has 0 unspecified atom stereocenters. The van der Waals surface area contributed by atoms with Gasteiger partial charge in [0.05, 0.1) is 0 Å². The lowest BCUT2D eigenvalue weighted by Crippen LogP contribution is -2.44. The van der Waals surface area contributed by atoms with E-state index in [1.807, 2.05) is 18.2 Å². The zero-order chi connectivity index (χ0) is 38.5. The first kappa shape index (κ1) is 41.5. The molecule has 52 heavy (non-hydrogen) atoms. The van der Waals surface area contributed by atoms with Crippen LogP contribution in [-0.2, 0) is 9.47 Å². The molecule has 3 amide bonds. The van der Waals surface area contributed by atoms with Crippen LogP contribution < -0.4 is 31.5 Å². The molecule has 0 bridgehead atoms. The van der Waals surface area contributed by atoms with Crippen molar-refractivity contribution in [3.05, 3.63) is 65.4 Å². The van der Waals surface area contributed by atoms with E-state index in [1.54, 1.807) is 41.5 Å². The summed E-state index contributed by atoms with van der Waals surface area (Å²) in [4.78, 5) is 50.7. The van der Waals surface area contributed by atoms with Gasteiger partial charge in [0.25, 0.3) is 5.91 Å². The standard InChI is InChI=1S/C24H33N5O.C14H24N4O4/c1-18-17-21(28-14-12-27(3)13-15-28)5-6-22(18)26-24(30)20-4-7-23(19(2)16-20)29-10-8-25-9-11-29;1-13(2,3)21-11(19)17-10(16-9-7-8-15)18-12(20)22-14(4,5)6/h4-7,16-17,25H,8-15H2,1-3H3,(H,26,30);7-9H,15H2,1-6H3,(H,17,18,19,20)/b;8-7-,16-9+. The van der Waals surface area contributed by atoms with Gasteiger partial charge in [-0.05, 0) is 122 Å². The summed E-state index contributed by atoms with van der Waals surface area (Å²) in [5, 5.41) is 8.75. The van der Waals surface area contributed by atoms with Crippen LogP contribution in [0.2, 0.25) is 0 Å². The third-order valence-electron chi connectivity index (χ3n) is 7.84. The average molecular weight is 720 g/mol. The number of anilines is 3. The highest BCUT2D eigenvalue weighted by atomic mass is 16.6. The summed E-state index contributed by atoms with van der Waals surface area (Å²) in [6.45, 7) is 22.6. The van der Waals surface area contributed by atoms with Gasteiger partial charge in [0.2, 0.25) is 5.96 Å². The number of nitrogens with zero attached hydrogens (tertiary/aromatic N) is 5. The van der Waals surface area contributed by atoms with E-state index < -0.39 is 23.4 Å². The molecule has 4 rings (SSSR count). The van der Waals surface area contributed by atoms with Gasteiger partial charge in [-0.25, -0.2) is 14.6 Å². The highest BCUT2D eigenvalue weighted by Gasteiger charge is 2.21. The molecule has 2 aliphatic heterocycles. The van der Waals surface area contributed by atoms with Gasteiger partial charge in [-0.3, -0.25) is 10.1 Å². The Morgan fingerprint density at radius 2 is 1.50 bits per heavy atom. The molecular formula is C38H57N9O5. The molecule has 0 aromatic heterocycles. The molecule has 2 aromatic rings. The second-order valence-electron chi connectivity index (χ2n) is 14.7. The zero-order valence-electron chi connectivity index (χ0n) is 32.2. The summed E-state index contributed by atoms with van der Waals surface area (Å²) in [6.07, 6.45) is 2.24. The maximum atomic E-state index is 12.9. The van der Waals surface area contributed by atoms with E-state index in [2.05, 4.69) is 79.7 Å². The van der Waals surface area contributed by atoms with E-state index in [9.17, 15) is 14.4 Å². The molecule has 0 saturated carbocycles. The van der Waals surface area contributed by atoms with Gasteiger partial charge in [-0.1, -0.05) is 0 Å². The number of rotatable bonds is 5. The van der Waals surface area contributed by atoms with Gasteiger partial charge in [-0.15, -0.1) is 4.99 Å². The minimum absolute atomic E-state index is 0.0552. The second-order valence-corrected chi connectivity index (χ2v) is 14.7. The van der Waals surface area contributed by atoms with E-state index in [1.165, 1.54) is 29.9 Å². The van der Waals surface area contributed by atoms with Crippen molar-refractivity contribution in [3.63, 3.8) is 0 Å². The van der Waals surface area contributed by atoms with Gasteiger partial charge in [0.1, 0.15) is 11.2 Å². The molecule has 14 heteroatoms. The molecule has 2 fully saturated rings. The number of piperazine rings is 2. The molecule has 5 N–H and O–H groups in total. The number of ether oxygens (including phenoxy) is 2. The van der Waals surface area contributed by atoms with Crippen LogP contribution in [0.15, 0.2) is 58.7 Å². The molecule has 14 nitrogen and oxygen atoms in total. The molecular weight excluding hydrogens is 662 g/mol. The number of carbonyl (C=O) groups is 3. The Morgan fingerprint density at radius 3 is 2.08 bits per heavy atom. The van der Waals surface area contributed by atoms with Crippen molar-refractivity contribution in [2.45, 2.75) is 66.6 Å². The molecule has 0 aliphatic carbocycles. The van der Waals surface area contributed by atoms with E-state index in [0.29, 0.717) is 5.56 Å². The van der Waals surface area contributed by atoms with E-state index in [4.69, 9.17) is 15.2 Å². The Morgan fingerprint density at radius 1 is 0.846 bits per heavy atom. The van der Waals surface area contributed by atoms with Crippen molar-refractivity contribution < 1.29 is 23.9 Å². The number of nitrogens with one attached hydrogen (secondary N) is 3. The third-order valence-corrected chi connectivity index (χ3v) is 7.84. The fraction of sp³-hybridized carbons (Fsp3) is 0.500. The zero-order valence-corrected chi connectivity index (χ0v) is 32.2. The highest BCUT2D eigenvalue weighted by Crippen LogP contribution is 2.26. The minimum Gasteiger partial charge on any atom is -0.444 e. The molecule has 2 aromatic carbocycles. The monoisotopic (exact) mass is 719 g/mol. The Balaban J connectivity index is 0.000000297. The summed E-state index contributed by atoms with van der Waals surface area (Å²) in [5.74, 6) is -0.318. The van der Waals surface area contributed by atoms with Crippen molar-refractivity contribution in [2.75, 3.05) is 74.5 Å². The number of allylic oxidation sites excluding steroid dienone is 1. The molecule has 0 atom stereocenters. The Kier molecular flexibility index (Phi) is 15.2. The number of likely N-dealkylation sites (N-methyl/N-ethyl adjacent to an activating group) is 1. The van der Waals surface area contributed by atoms with Gasteiger partial charge in [0.15, 0.2) is 0 Å². The number of aryl methyl sites for hydroxylation is 2. The SMILES string of the molecule is CC(C)(C)OC(=O)\N=C(/N=C/C=C\N)NC(=O)OC(C)(C)C.Cc1cc(N2CCN(C)CC2)ccc1NC(=O)c1ccc(N2CCNCC2)c(C)c1. The van der Waals surface area contributed by atoms with Gasteiger partial charge >= 0.3 is 12.2 Å². The summed E-state index contributed by atoms with van der Waals surface area (Å²) < 4.78 is 10.1. The highest BCUT2D eigenvalue weighted by molar-refractivity contribution is 6.05. The predicted molar refractivity (Wildman–Crippen MR) is 210 cm³/mol. The van der Waals surface area contributed by atoms with Crippen molar-refractivity contribution >= 4 is 47.3 Å². The topological polar surface area (TPSA) is 166 Å². The number of guanidine groups is 1. The number of alkyl carbamates (subject to hydrolysis) is 1. The predicted octanol–water partition coefficient (Wildman–Crippen LogP) is 5.06. The first-order chi connectivity index (χ1) is 24.4. The smallest absolute Gasteiger partial charge is 0.437 e. The molecule has 2 saturated heterocycles. The third kappa shape index (κ3) is 14.3. The lowest BCUT2D eigenvalue weighted by Gasteiger charge is -2.34. The lowest BCUT2D eigenvalue weighted by atomic mass is 10.1. The van der Waals surface area contributed by atoms with Crippen LogP contribution in [0.3, 0.4) is 0 Å². The second kappa shape index (κ2) is 19.0. The van der Waals surface area contributed by atoms with Crippen LogP contribution in [0, 0.1) is 13.8 Å². The van der Waals surface area contributed by atoms with Crippen LogP contribution in [-0.4, -0.2) is 106 Å². The largest absolute Gasteiger partial charge is 0.444 e. The quantitative estimate of drug-likeness (QED) is 0.242. The molecule has 0 radical (unpaired) electrons. The first-order valence-corrected chi connectivity index (χ1v) is 17.6. The Hall–Kier alpha value is -4.95. The van der Waals surface area contributed by atoms with E-state index in [-0.39, 0.29) is 11.9 Å². The molecule has 0 spiro atoms. The maximum absolute atomic E-state index is 12.9. The fourth-order valence-electron chi connectivity index (χ4n) is 5.32. The fourth-order valence-corrected chi connectivity index (χ4v) is 5.32. The number of benzene rings is 2. The number of hydrogen-bond donors (Lipinski definition) is 4. The number of hydrogen-bond acceptors (Lipinski definition) is 10. The van der Waals surface area contributed by atoms with Crippen LogP contribution in [0.1, 0.15) is 63.0 Å². The summed E-state index contributed by atoms with van der Waals surface area (Å²) >= 11 is 0. The van der Waals surface area contributed by atoms with Gasteiger partial charge in [-0.2, -0.15) is 0 Å². The van der Waals surface area contributed by atoms with Crippen molar-refractivity contribution in [1.82, 2.24) is 15.5 Å². The summed E-state index contributed by atoms with van der Waals surface area (Å²) in [7, 11) is 2.17. The number of nitrogens with two attached hydrogens (primary N) is 1. The van der Waals surface area contributed by atoms with Crippen LogP contribution >= 0.6 is 0 Å². The minimum atomic E-state index is -0.882. The van der Waals surface area contributed by atoms with E-state index in [0.717, 1.165) is 69.2 Å². The first-order valence-electron chi connectivity index (χ1n) is 17.6. The molecule has 2 aliphatic rings. The summed E-state index contributed by atoms with van der Waals surface area (Å²) in [5.41, 5.74) is 10.0. The molecule has 284 valence electrons. The number of amides is 3. The van der Waals surface area contributed by atoms with Crippen LogP contribution in [0.25, 0.3) is 0 Å². The normalized spacial score (nSPS) is 16.0. The van der Waals surface area contributed by atoms with Crippen molar-refractivity contribution in [1.29, 1.82) is 0 Å². The summed E-state index contributed by atoms with van der Waals surface area (Å²) in [6, 6.07) is 12.3. The van der Waals surface area contributed by atoms with Gasteiger partial charge in [0, 0.05) is 81.2 Å². The van der Waals surface area contributed by atoms with Crippen molar-refractivity contribution in [2.24, 2.45) is 15.7 Å². The maximum Gasteiger partial charge on any atom is 0.437 e. The van der Waals surface area contributed by atoms with Crippen LogP contribution in [0.4, 0.5) is 26.7 Å². The molecule has 2 heterocycles. The van der Waals surface area contributed by atoms with E-state index >= 15 is 0 Å². The van der Waals surface area contributed by atoms with Crippen molar-refractivity contribution in [3.8, 4) is 0 Å². The Labute approximate surface area is 308 Å². The lowest BCUT2D eigenvalue weighted by molar-refractivity contribution is 0.0561. The van der Waals surface area contributed by atoms with Crippen LogP contribution in [0.5, 0.6) is 0 Å². The average Bonchev–Trinajstić information content (AvgIpc) is 3.05.